The Morgan fingerprint density at radius 2 is 2.07 bits per heavy atom. The number of ether oxygens (including phenoxy) is 1. The van der Waals surface area contributed by atoms with Crippen LogP contribution in [0.4, 0.5) is 10.6 Å². The quantitative estimate of drug-likeness (QED) is 0.546. The number of aromatic nitrogens is 4. The summed E-state index contributed by atoms with van der Waals surface area (Å²) in [7, 11) is 0. The molecular formula is C21H18N6O2. The summed E-state index contributed by atoms with van der Waals surface area (Å²) in [5.74, 6) is 0.375. The van der Waals surface area contributed by atoms with Gasteiger partial charge in [-0.2, -0.15) is 0 Å². The molecule has 8 heteroatoms. The third-order valence-electron chi connectivity index (χ3n) is 5.23. The van der Waals surface area contributed by atoms with Gasteiger partial charge in [0, 0.05) is 29.1 Å². The number of nitrogen functional groups attached to an aromatic ring is 1. The molecule has 1 aliphatic rings. The first kappa shape index (κ1) is 17.2. The van der Waals surface area contributed by atoms with Crippen LogP contribution in [0.25, 0.3) is 38.6 Å². The van der Waals surface area contributed by atoms with Gasteiger partial charge in [0.15, 0.2) is 0 Å². The molecule has 4 N–H and O–H groups in total. The van der Waals surface area contributed by atoms with E-state index in [-0.39, 0.29) is 0 Å². The third-order valence-corrected chi connectivity index (χ3v) is 5.23. The number of carbonyl (C=O) groups excluding carboxylic acids is 1. The van der Waals surface area contributed by atoms with E-state index in [2.05, 4.69) is 27.6 Å². The molecule has 4 heterocycles. The van der Waals surface area contributed by atoms with Gasteiger partial charge in [0.05, 0.1) is 23.1 Å². The highest BCUT2D eigenvalue weighted by Crippen LogP contribution is 2.43. The average molecular weight is 386 g/mol. The predicted molar refractivity (Wildman–Crippen MR) is 111 cm³/mol. The second-order valence-corrected chi connectivity index (χ2v) is 7.07. The number of hydrogen-bond acceptors (Lipinski definition) is 6. The summed E-state index contributed by atoms with van der Waals surface area (Å²) in [5, 5.41) is 1.75. The molecule has 0 bridgehead atoms. The van der Waals surface area contributed by atoms with Crippen LogP contribution < -0.4 is 11.5 Å². The lowest BCUT2D eigenvalue weighted by atomic mass is 9.95. The zero-order valence-corrected chi connectivity index (χ0v) is 15.5. The van der Waals surface area contributed by atoms with Gasteiger partial charge in [0.1, 0.15) is 23.9 Å². The number of benzene rings is 1. The zero-order valence-electron chi connectivity index (χ0n) is 15.5. The fourth-order valence-electron chi connectivity index (χ4n) is 4.11. The Kier molecular flexibility index (Phi) is 3.73. The van der Waals surface area contributed by atoms with Gasteiger partial charge in [-0.05, 0) is 17.7 Å². The van der Waals surface area contributed by atoms with Gasteiger partial charge in [-0.1, -0.05) is 24.8 Å². The monoisotopic (exact) mass is 386 g/mol. The maximum absolute atomic E-state index is 11.3. The molecule has 1 aliphatic heterocycles. The van der Waals surface area contributed by atoms with Crippen LogP contribution in [-0.4, -0.2) is 31.7 Å². The zero-order chi connectivity index (χ0) is 20.1. The highest BCUT2D eigenvalue weighted by atomic mass is 16.6. The van der Waals surface area contributed by atoms with Gasteiger partial charge in [0.2, 0.25) is 0 Å². The largest absolute Gasteiger partial charge is 0.444 e. The van der Waals surface area contributed by atoms with Crippen LogP contribution in [-0.2, 0) is 11.3 Å². The molecule has 4 aromatic rings. The fraction of sp³-hybridized carbons (Fsp3) is 0.143. The third kappa shape index (κ3) is 2.68. The van der Waals surface area contributed by atoms with E-state index in [1.54, 1.807) is 0 Å². The molecule has 5 rings (SSSR count). The number of nitrogens with zero attached hydrogens (tertiary/aromatic N) is 4. The van der Waals surface area contributed by atoms with Crippen LogP contribution in [0.3, 0.4) is 0 Å². The lowest BCUT2D eigenvalue weighted by Gasteiger charge is -2.26. The van der Waals surface area contributed by atoms with Crippen LogP contribution in [0.15, 0.2) is 49.4 Å². The maximum Gasteiger partial charge on any atom is 0.404 e. The van der Waals surface area contributed by atoms with Crippen molar-refractivity contribution in [2.24, 2.45) is 5.73 Å². The second kappa shape index (κ2) is 6.30. The summed E-state index contributed by atoms with van der Waals surface area (Å²) in [4.78, 5) is 24.5. The van der Waals surface area contributed by atoms with E-state index in [1.807, 2.05) is 35.0 Å². The van der Waals surface area contributed by atoms with Gasteiger partial charge in [-0.25, -0.2) is 14.8 Å². The molecule has 0 saturated heterocycles. The molecule has 8 nitrogen and oxygen atoms in total. The lowest BCUT2D eigenvalue weighted by Crippen LogP contribution is -2.30. The number of hydrogen-bond donors (Lipinski definition) is 2. The summed E-state index contributed by atoms with van der Waals surface area (Å²) in [6, 6.07) is 9.99. The first-order valence-electron chi connectivity index (χ1n) is 9.15. The molecule has 1 amide bonds. The Hall–Kier alpha value is -3.94. The van der Waals surface area contributed by atoms with Crippen LogP contribution in [0.5, 0.6) is 0 Å². The SMILES string of the molecule is C=C1CC(OC(N)=O)Cn2c1c(-c1cnc3ccccc3c1)c1c(N)ncnc12. The van der Waals surface area contributed by atoms with Crippen LogP contribution >= 0.6 is 0 Å². The number of fused-ring (bicyclic) bond motifs is 4. The minimum Gasteiger partial charge on any atom is -0.444 e. The Balaban J connectivity index is 1.79. The molecule has 0 fully saturated rings. The summed E-state index contributed by atoms with van der Waals surface area (Å²) in [6.45, 7) is 4.63. The number of amides is 1. The van der Waals surface area contributed by atoms with Crippen molar-refractivity contribution in [3.05, 3.63) is 55.1 Å². The van der Waals surface area contributed by atoms with Gasteiger partial charge in [0.25, 0.3) is 0 Å². The molecule has 1 aromatic carbocycles. The number of para-hydroxylation sites is 1. The van der Waals surface area contributed by atoms with E-state index in [1.165, 1.54) is 6.33 Å². The number of pyridine rings is 1. The van der Waals surface area contributed by atoms with Crippen molar-refractivity contribution in [3.63, 3.8) is 0 Å². The van der Waals surface area contributed by atoms with E-state index < -0.39 is 12.2 Å². The van der Waals surface area contributed by atoms with Gasteiger partial charge < -0.3 is 20.8 Å². The van der Waals surface area contributed by atoms with Crippen molar-refractivity contribution in [1.29, 1.82) is 0 Å². The molecule has 144 valence electrons. The summed E-state index contributed by atoms with van der Waals surface area (Å²) < 4.78 is 7.21. The topological polar surface area (TPSA) is 122 Å². The van der Waals surface area contributed by atoms with Crippen molar-refractivity contribution in [2.45, 2.75) is 19.1 Å². The molecule has 0 saturated carbocycles. The number of anilines is 1. The number of nitrogens with two attached hydrogens (primary N) is 2. The van der Waals surface area contributed by atoms with E-state index in [0.29, 0.717) is 24.4 Å². The minimum atomic E-state index is -0.809. The Morgan fingerprint density at radius 1 is 1.24 bits per heavy atom. The minimum absolute atomic E-state index is 0.375. The van der Waals surface area contributed by atoms with Crippen molar-refractivity contribution in [1.82, 2.24) is 19.5 Å². The summed E-state index contributed by atoms with van der Waals surface area (Å²) in [5.41, 5.74) is 16.5. The Labute approximate surface area is 165 Å². The molecule has 1 atom stereocenters. The van der Waals surface area contributed by atoms with Gasteiger partial charge >= 0.3 is 6.09 Å². The Morgan fingerprint density at radius 3 is 2.90 bits per heavy atom. The second-order valence-electron chi connectivity index (χ2n) is 7.07. The normalized spacial score (nSPS) is 16.1. The average Bonchev–Trinajstić information content (AvgIpc) is 3.03. The van der Waals surface area contributed by atoms with E-state index in [9.17, 15) is 4.79 Å². The van der Waals surface area contributed by atoms with E-state index in [0.717, 1.165) is 38.7 Å². The number of carbonyl (C=O) groups is 1. The highest BCUT2D eigenvalue weighted by Gasteiger charge is 2.31. The summed E-state index contributed by atoms with van der Waals surface area (Å²) in [6.07, 6.45) is 2.50. The number of primary amides is 1. The molecule has 3 aromatic heterocycles. The van der Waals surface area contributed by atoms with Crippen molar-refractivity contribution < 1.29 is 9.53 Å². The predicted octanol–water partition coefficient (Wildman–Crippen LogP) is 3.11. The maximum atomic E-state index is 11.3. The van der Waals surface area contributed by atoms with Gasteiger partial charge in [-0.15, -0.1) is 0 Å². The lowest BCUT2D eigenvalue weighted by molar-refractivity contribution is 0.0960. The molecule has 1 unspecified atom stereocenters. The Bertz CT molecular complexity index is 1310. The van der Waals surface area contributed by atoms with Crippen molar-refractivity contribution in [2.75, 3.05) is 5.73 Å². The van der Waals surface area contributed by atoms with Crippen molar-refractivity contribution >= 4 is 39.4 Å². The molecule has 0 radical (unpaired) electrons. The molecule has 0 spiro atoms. The molecular weight excluding hydrogens is 368 g/mol. The highest BCUT2D eigenvalue weighted by molar-refractivity contribution is 6.06. The smallest absolute Gasteiger partial charge is 0.404 e. The number of rotatable bonds is 2. The van der Waals surface area contributed by atoms with Crippen LogP contribution in [0, 0.1) is 0 Å². The van der Waals surface area contributed by atoms with Crippen molar-refractivity contribution in [3.8, 4) is 11.1 Å². The fourth-order valence-corrected chi connectivity index (χ4v) is 4.11. The standard InChI is InChI=1S/C21H18N6O2/c1-11-6-14(29-21(23)28)9-27-18(11)16(17-19(22)25-10-26-20(17)27)13-7-12-4-2-3-5-15(12)24-8-13/h2-5,7-8,10,14H,1,6,9H2,(H2,23,28)(H2,22,25,26). The van der Waals surface area contributed by atoms with Crippen LogP contribution in [0.2, 0.25) is 0 Å². The first-order chi connectivity index (χ1) is 14.0. The van der Waals surface area contributed by atoms with Crippen LogP contribution in [0.1, 0.15) is 12.1 Å². The summed E-state index contributed by atoms with van der Waals surface area (Å²) >= 11 is 0. The van der Waals surface area contributed by atoms with E-state index >= 15 is 0 Å². The molecule has 29 heavy (non-hydrogen) atoms. The van der Waals surface area contributed by atoms with Gasteiger partial charge in [-0.3, -0.25) is 4.98 Å². The molecule has 0 aliphatic carbocycles. The first-order valence-corrected chi connectivity index (χ1v) is 9.15. The van der Waals surface area contributed by atoms with E-state index in [4.69, 9.17) is 16.2 Å².